The van der Waals surface area contributed by atoms with Gasteiger partial charge in [0, 0.05) is 39.7 Å². The van der Waals surface area contributed by atoms with Gasteiger partial charge >= 0.3 is 0 Å². The number of hydrogen-bond acceptors (Lipinski definition) is 3. The standard InChI is InChI=1S/C24H30Cl2N2O2S/c1-4-17(3)27-24(30)22(5-2)28(16-18-6-8-19(25)9-7-18)23(29)14-15-31-21-12-10-20(26)11-13-21/h6-13,17,22H,4-5,14-16H2,1-3H3,(H,27,30)/t17-,22-/m0/s1. The van der Waals surface area contributed by atoms with E-state index in [9.17, 15) is 9.59 Å². The Morgan fingerprint density at radius 3 is 2.10 bits per heavy atom. The molecule has 2 rings (SSSR count). The zero-order chi connectivity index (χ0) is 22.8. The highest BCUT2D eigenvalue weighted by Crippen LogP contribution is 2.22. The lowest BCUT2D eigenvalue weighted by Crippen LogP contribution is -2.50. The summed E-state index contributed by atoms with van der Waals surface area (Å²) in [5.74, 6) is 0.480. The Kier molecular flexibility index (Phi) is 10.7. The summed E-state index contributed by atoms with van der Waals surface area (Å²) >= 11 is 13.5. The van der Waals surface area contributed by atoms with Crippen molar-refractivity contribution in [3.8, 4) is 0 Å². The van der Waals surface area contributed by atoms with Crippen molar-refractivity contribution in [3.05, 3.63) is 64.1 Å². The fraction of sp³-hybridized carbons (Fsp3) is 0.417. The lowest BCUT2D eigenvalue weighted by atomic mass is 10.1. The van der Waals surface area contributed by atoms with Crippen LogP contribution < -0.4 is 5.32 Å². The van der Waals surface area contributed by atoms with Gasteiger partial charge in [0.2, 0.25) is 11.8 Å². The Bertz CT molecular complexity index is 844. The summed E-state index contributed by atoms with van der Waals surface area (Å²) < 4.78 is 0. The lowest BCUT2D eigenvalue weighted by Gasteiger charge is -2.31. The van der Waals surface area contributed by atoms with Gasteiger partial charge in [-0.1, -0.05) is 49.2 Å². The van der Waals surface area contributed by atoms with Crippen LogP contribution in [-0.4, -0.2) is 34.6 Å². The van der Waals surface area contributed by atoms with Gasteiger partial charge in [-0.2, -0.15) is 0 Å². The topological polar surface area (TPSA) is 49.4 Å². The van der Waals surface area contributed by atoms with Crippen molar-refractivity contribution < 1.29 is 9.59 Å². The van der Waals surface area contributed by atoms with E-state index in [1.54, 1.807) is 28.8 Å². The molecule has 0 aliphatic rings. The van der Waals surface area contributed by atoms with Crippen LogP contribution in [0.3, 0.4) is 0 Å². The van der Waals surface area contributed by atoms with Gasteiger partial charge in [0.25, 0.3) is 0 Å². The molecule has 31 heavy (non-hydrogen) atoms. The van der Waals surface area contributed by atoms with Gasteiger partial charge in [-0.3, -0.25) is 9.59 Å². The fourth-order valence-corrected chi connectivity index (χ4v) is 4.17. The molecule has 168 valence electrons. The highest BCUT2D eigenvalue weighted by atomic mass is 35.5. The van der Waals surface area contributed by atoms with Crippen LogP contribution in [0.2, 0.25) is 10.0 Å². The van der Waals surface area contributed by atoms with E-state index in [1.165, 1.54) is 0 Å². The third-order valence-electron chi connectivity index (χ3n) is 5.05. The number of thioether (sulfide) groups is 1. The molecule has 2 atom stereocenters. The molecular formula is C24H30Cl2N2O2S. The molecule has 0 unspecified atom stereocenters. The zero-order valence-electron chi connectivity index (χ0n) is 18.2. The summed E-state index contributed by atoms with van der Waals surface area (Å²) in [6.45, 7) is 6.30. The highest BCUT2D eigenvalue weighted by molar-refractivity contribution is 7.99. The van der Waals surface area contributed by atoms with E-state index in [2.05, 4.69) is 5.32 Å². The minimum atomic E-state index is -0.516. The van der Waals surface area contributed by atoms with Gasteiger partial charge < -0.3 is 10.2 Å². The Morgan fingerprint density at radius 1 is 0.968 bits per heavy atom. The summed E-state index contributed by atoms with van der Waals surface area (Å²) in [7, 11) is 0. The number of nitrogens with zero attached hydrogens (tertiary/aromatic N) is 1. The van der Waals surface area contributed by atoms with Crippen LogP contribution in [0.5, 0.6) is 0 Å². The third kappa shape index (κ3) is 8.40. The normalized spacial score (nSPS) is 12.8. The number of rotatable bonds is 11. The number of halogens is 2. The number of hydrogen-bond donors (Lipinski definition) is 1. The van der Waals surface area contributed by atoms with Crippen molar-refractivity contribution in [2.45, 2.75) is 63.6 Å². The minimum Gasteiger partial charge on any atom is -0.352 e. The Balaban J connectivity index is 2.12. The first-order valence-electron chi connectivity index (χ1n) is 10.6. The van der Waals surface area contributed by atoms with E-state index in [1.807, 2.05) is 57.2 Å². The Morgan fingerprint density at radius 2 is 1.55 bits per heavy atom. The van der Waals surface area contributed by atoms with Crippen LogP contribution in [0, 0.1) is 0 Å². The largest absolute Gasteiger partial charge is 0.352 e. The molecule has 0 aliphatic heterocycles. The van der Waals surface area contributed by atoms with E-state index in [0.29, 0.717) is 35.2 Å². The maximum atomic E-state index is 13.2. The molecule has 0 heterocycles. The maximum Gasteiger partial charge on any atom is 0.243 e. The van der Waals surface area contributed by atoms with E-state index in [4.69, 9.17) is 23.2 Å². The summed E-state index contributed by atoms with van der Waals surface area (Å²) in [6.07, 6.45) is 1.73. The molecule has 0 bridgehead atoms. The number of carbonyl (C=O) groups is 2. The Labute approximate surface area is 199 Å². The van der Waals surface area contributed by atoms with Gasteiger partial charge in [0.1, 0.15) is 6.04 Å². The van der Waals surface area contributed by atoms with Crippen LogP contribution in [0.15, 0.2) is 53.4 Å². The summed E-state index contributed by atoms with van der Waals surface area (Å²) in [4.78, 5) is 28.9. The van der Waals surface area contributed by atoms with Crippen LogP contribution in [-0.2, 0) is 16.1 Å². The molecule has 2 aromatic carbocycles. The van der Waals surface area contributed by atoms with Crippen molar-refractivity contribution >= 4 is 46.8 Å². The van der Waals surface area contributed by atoms with E-state index in [0.717, 1.165) is 16.9 Å². The molecular weight excluding hydrogens is 451 g/mol. The number of amides is 2. The number of carbonyl (C=O) groups excluding carboxylic acids is 2. The monoisotopic (exact) mass is 480 g/mol. The molecule has 0 aromatic heterocycles. The van der Waals surface area contributed by atoms with Gasteiger partial charge in [-0.15, -0.1) is 11.8 Å². The van der Waals surface area contributed by atoms with Gasteiger partial charge in [-0.25, -0.2) is 0 Å². The molecule has 0 radical (unpaired) electrons. The predicted molar refractivity (Wildman–Crippen MR) is 131 cm³/mol. The maximum absolute atomic E-state index is 13.2. The second-order valence-electron chi connectivity index (χ2n) is 7.44. The second kappa shape index (κ2) is 13.0. The van der Waals surface area contributed by atoms with E-state index in [-0.39, 0.29) is 17.9 Å². The average molecular weight is 481 g/mol. The molecule has 1 N–H and O–H groups in total. The highest BCUT2D eigenvalue weighted by Gasteiger charge is 2.28. The third-order valence-corrected chi connectivity index (χ3v) is 6.57. The quantitative estimate of drug-likeness (QED) is 0.389. The van der Waals surface area contributed by atoms with Gasteiger partial charge in [0.05, 0.1) is 0 Å². The lowest BCUT2D eigenvalue weighted by molar-refractivity contribution is -0.141. The summed E-state index contributed by atoms with van der Waals surface area (Å²) in [6, 6.07) is 14.5. The van der Waals surface area contributed by atoms with Crippen LogP contribution in [0.4, 0.5) is 0 Å². The molecule has 2 amide bonds. The average Bonchev–Trinajstić information content (AvgIpc) is 2.76. The molecule has 2 aromatic rings. The van der Waals surface area contributed by atoms with Crippen LogP contribution >= 0.6 is 35.0 Å². The molecule has 0 spiro atoms. The molecule has 0 saturated carbocycles. The molecule has 0 fully saturated rings. The van der Waals surface area contributed by atoms with Crippen molar-refractivity contribution in [1.29, 1.82) is 0 Å². The minimum absolute atomic E-state index is 0.0393. The molecule has 0 aliphatic carbocycles. The van der Waals surface area contributed by atoms with Crippen molar-refractivity contribution in [3.63, 3.8) is 0 Å². The van der Waals surface area contributed by atoms with Crippen molar-refractivity contribution in [1.82, 2.24) is 10.2 Å². The zero-order valence-corrected chi connectivity index (χ0v) is 20.6. The fourth-order valence-electron chi connectivity index (χ4n) is 3.08. The first-order valence-corrected chi connectivity index (χ1v) is 12.3. The number of nitrogens with one attached hydrogen (secondary N) is 1. The molecule has 4 nitrogen and oxygen atoms in total. The van der Waals surface area contributed by atoms with E-state index >= 15 is 0 Å². The van der Waals surface area contributed by atoms with Crippen LogP contribution in [0.25, 0.3) is 0 Å². The molecule has 7 heteroatoms. The smallest absolute Gasteiger partial charge is 0.243 e. The predicted octanol–water partition coefficient (Wildman–Crippen LogP) is 6.20. The van der Waals surface area contributed by atoms with Gasteiger partial charge in [0.15, 0.2) is 0 Å². The number of benzene rings is 2. The second-order valence-corrected chi connectivity index (χ2v) is 9.48. The molecule has 0 saturated heterocycles. The van der Waals surface area contributed by atoms with E-state index < -0.39 is 6.04 Å². The SMILES string of the molecule is CC[C@H](C)NC(=O)[C@H](CC)N(Cc1ccc(Cl)cc1)C(=O)CCSc1ccc(Cl)cc1. The first-order chi connectivity index (χ1) is 14.8. The van der Waals surface area contributed by atoms with Crippen molar-refractivity contribution in [2.24, 2.45) is 0 Å². The van der Waals surface area contributed by atoms with Crippen molar-refractivity contribution in [2.75, 3.05) is 5.75 Å². The summed E-state index contributed by atoms with van der Waals surface area (Å²) in [5, 5.41) is 4.36. The van der Waals surface area contributed by atoms with Gasteiger partial charge in [-0.05, 0) is 61.7 Å². The first kappa shape index (κ1) is 25.6. The van der Waals surface area contributed by atoms with Crippen LogP contribution in [0.1, 0.15) is 45.6 Å². The summed E-state index contributed by atoms with van der Waals surface area (Å²) in [5.41, 5.74) is 0.942. The Hall–Kier alpha value is -1.69.